The third-order valence-corrected chi connectivity index (χ3v) is 2.99. The molecule has 22 heavy (non-hydrogen) atoms. The molecule has 0 spiro atoms. The van der Waals surface area contributed by atoms with E-state index < -0.39 is 18.5 Å². The maximum Gasteiger partial charge on any atom is 0.338 e. The van der Waals surface area contributed by atoms with E-state index in [9.17, 15) is 9.59 Å². The maximum absolute atomic E-state index is 11.8. The smallest absolute Gasteiger partial charge is 0.338 e. The molecule has 2 rings (SSSR count). The predicted octanol–water partition coefficient (Wildman–Crippen LogP) is 2.54. The molecule has 1 aromatic heterocycles. The predicted molar refractivity (Wildman–Crippen MR) is 81.2 cm³/mol. The number of nitrogens with zero attached hydrogens (tertiary/aromatic N) is 1. The minimum atomic E-state index is -0.602. The number of esters is 1. The van der Waals surface area contributed by atoms with Crippen molar-refractivity contribution in [1.82, 2.24) is 4.98 Å². The van der Waals surface area contributed by atoms with Crippen LogP contribution in [0.15, 0.2) is 42.6 Å². The van der Waals surface area contributed by atoms with Crippen LogP contribution in [0.4, 0.5) is 5.69 Å². The van der Waals surface area contributed by atoms with Crippen molar-refractivity contribution in [1.29, 1.82) is 0 Å². The SMILES string of the molecule is COc1ccc(C(=O)OCC(=O)Nc2cccnc2Cl)cc1. The molecular weight excluding hydrogens is 308 g/mol. The summed E-state index contributed by atoms with van der Waals surface area (Å²) in [4.78, 5) is 27.3. The Morgan fingerprint density at radius 1 is 1.23 bits per heavy atom. The number of hydrogen-bond acceptors (Lipinski definition) is 5. The number of benzene rings is 1. The highest BCUT2D eigenvalue weighted by Crippen LogP contribution is 2.17. The molecule has 114 valence electrons. The summed E-state index contributed by atoms with van der Waals surface area (Å²) in [5, 5.41) is 2.67. The number of rotatable bonds is 5. The lowest BCUT2D eigenvalue weighted by Gasteiger charge is -2.07. The molecule has 7 heteroatoms. The quantitative estimate of drug-likeness (QED) is 0.676. The van der Waals surface area contributed by atoms with Crippen molar-refractivity contribution < 1.29 is 19.1 Å². The molecule has 0 bridgehead atoms. The van der Waals surface area contributed by atoms with Gasteiger partial charge in [0.2, 0.25) is 0 Å². The number of carbonyl (C=O) groups excluding carboxylic acids is 2. The zero-order valence-electron chi connectivity index (χ0n) is 11.7. The summed E-state index contributed by atoms with van der Waals surface area (Å²) in [6.45, 7) is -0.421. The van der Waals surface area contributed by atoms with Gasteiger partial charge in [-0.2, -0.15) is 0 Å². The Bertz CT molecular complexity index is 673. The number of carbonyl (C=O) groups is 2. The lowest BCUT2D eigenvalue weighted by molar-refractivity contribution is -0.119. The van der Waals surface area contributed by atoms with E-state index in [4.69, 9.17) is 21.1 Å². The molecule has 1 N–H and O–H groups in total. The summed E-state index contributed by atoms with van der Waals surface area (Å²) >= 11 is 5.81. The fourth-order valence-electron chi connectivity index (χ4n) is 1.61. The van der Waals surface area contributed by atoms with Crippen LogP contribution < -0.4 is 10.1 Å². The minimum Gasteiger partial charge on any atom is -0.497 e. The van der Waals surface area contributed by atoms with Crippen LogP contribution in [0.2, 0.25) is 5.15 Å². The Balaban J connectivity index is 1.87. The monoisotopic (exact) mass is 320 g/mol. The lowest BCUT2D eigenvalue weighted by atomic mass is 10.2. The van der Waals surface area contributed by atoms with E-state index in [-0.39, 0.29) is 5.15 Å². The molecule has 0 fully saturated rings. The third-order valence-electron chi connectivity index (χ3n) is 2.69. The van der Waals surface area contributed by atoms with Crippen LogP contribution in [0, 0.1) is 0 Å². The molecular formula is C15H13ClN2O4. The van der Waals surface area contributed by atoms with Gasteiger partial charge in [0.05, 0.1) is 18.4 Å². The lowest BCUT2D eigenvalue weighted by Crippen LogP contribution is -2.21. The second kappa shape index (κ2) is 7.42. The van der Waals surface area contributed by atoms with E-state index in [1.807, 2.05) is 0 Å². The number of nitrogens with one attached hydrogen (secondary N) is 1. The fraction of sp³-hybridized carbons (Fsp3) is 0.133. The van der Waals surface area contributed by atoms with Gasteiger partial charge in [0.15, 0.2) is 11.8 Å². The van der Waals surface area contributed by atoms with Crippen LogP contribution in [-0.4, -0.2) is 30.6 Å². The molecule has 2 aromatic rings. The van der Waals surface area contributed by atoms with E-state index >= 15 is 0 Å². The first kappa shape index (κ1) is 15.8. The van der Waals surface area contributed by atoms with Gasteiger partial charge in [0.1, 0.15) is 5.75 Å². The summed E-state index contributed by atoms with van der Waals surface area (Å²) in [5.74, 6) is -0.479. The Kier molecular flexibility index (Phi) is 5.32. The number of methoxy groups -OCH3 is 1. The van der Waals surface area contributed by atoms with Crippen molar-refractivity contribution in [3.63, 3.8) is 0 Å². The van der Waals surface area contributed by atoms with Gasteiger partial charge in [-0.1, -0.05) is 11.6 Å². The number of ether oxygens (including phenoxy) is 2. The highest BCUT2D eigenvalue weighted by atomic mass is 35.5. The van der Waals surface area contributed by atoms with Crippen molar-refractivity contribution >= 4 is 29.2 Å². The zero-order chi connectivity index (χ0) is 15.9. The van der Waals surface area contributed by atoms with Crippen LogP contribution in [0.25, 0.3) is 0 Å². The Morgan fingerprint density at radius 2 is 1.95 bits per heavy atom. The number of amides is 1. The van der Waals surface area contributed by atoms with Gasteiger partial charge in [0.25, 0.3) is 5.91 Å². The van der Waals surface area contributed by atoms with Crippen molar-refractivity contribution in [3.8, 4) is 5.75 Å². The normalized spacial score (nSPS) is 9.91. The molecule has 0 unspecified atom stereocenters. The molecule has 6 nitrogen and oxygen atoms in total. The minimum absolute atomic E-state index is 0.164. The summed E-state index contributed by atoms with van der Waals surface area (Å²) < 4.78 is 9.91. The van der Waals surface area contributed by atoms with Crippen molar-refractivity contribution in [2.24, 2.45) is 0 Å². The second-order valence-electron chi connectivity index (χ2n) is 4.19. The van der Waals surface area contributed by atoms with Crippen LogP contribution in [0.3, 0.4) is 0 Å². The van der Waals surface area contributed by atoms with Crippen LogP contribution in [0.5, 0.6) is 5.75 Å². The van der Waals surface area contributed by atoms with Gasteiger partial charge in [-0.3, -0.25) is 4.79 Å². The highest BCUT2D eigenvalue weighted by Gasteiger charge is 2.11. The summed E-state index contributed by atoms with van der Waals surface area (Å²) in [5.41, 5.74) is 0.683. The Morgan fingerprint density at radius 3 is 2.59 bits per heavy atom. The Labute approximate surface area is 132 Å². The maximum atomic E-state index is 11.8. The first-order valence-corrected chi connectivity index (χ1v) is 6.69. The topological polar surface area (TPSA) is 77.5 Å². The number of pyridine rings is 1. The average Bonchev–Trinajstić information content (AvgIpc) is 2.55. The standard InChI is InChI=1S/C15H13ClN2O4/c1-21-11-6-4-10(5-7-11)15(20)22-9-13(19)18-12-3-2-8-17-14(12)16/h2-8H,9H2,1H3,(H,18,19). The molecule has 1 heterocycles. The number of halogens is 1. The summed E-state index contributed by atoms with van der Waals surface area (Å²) in [6.07, 6.45) is 1.50. The molecule has 0 saturated carbocycles. The molecule has 0 aliphatic carbocycles. The fourth-order valence-corrected chi connectivity index (χ4v) is 1.77. The molecule has 0 atom stereocenters. The van der Waals surface area contributed by atoms with Crippen LogP contribution in [0.1, 0.15) is 10.4 Å². The molecule has 1 aromatic carbocycles. The Hall–Kier alpha value is -2.60. The van der Waals surface area contributed by atoms with Gasteiger partial charge in [-0.15, -0.1) is 0 Å². The van der Waals surface area contributed by atoms with Crippen LogP contribution >= 0.6 is 11.6 Å². The third kappa shape index (κ3) is 4.20. The van der Waals surface area contributed by atoms with Gasteiger partial charge in [-0.25, -0.2) is 9.78 Å². The van der Waals surface area contributed by atoms with Gasteiger partial charge < -0.3 is 14.8 Å². The average molecular weight is 321 g/mol. The largest absolute Gasteiger partial charge is 0.497 e. The zero-order valence-corrected chi connectivity index (χ0v) is 12.5. The van der Waals surface area contributed by atoms with E-state index in [0.717, 1.165) is 0 Å². The van der Waals surface area contributed by atoms with E-state index in [2.05, 4.69) is 10.3 Å². The van der Waals surface area contributed by atoms with Crippen molar-refractivity contribution in [3.05, 3.63) is 53.3 Å². The van der Waals surface area contributed by atoms with Gasteiger partial charge in [0, 0.05) is 6.20 Å². The molecule has 0 saturated heterocycles. The van der Waals surface area contributed by atoms with Crippen LogP contribution in [-0.2, 0) is 9.53 Å². The summed E-state index contributed by atoms with van der Waals surface area (Å²) in [7, 11) is 1.53. The first-order chi connectivity index (χ1) is 10.6. The second-order valence-corrected chi connectivity index (χ2v) is 4.55. The summed E-state index contributed by atoms with van der Waals surface area (Å²) in [6, 6.07) is 9.59. The van der Waals surface area contributed by atoms with Gasteiger partial charge in [-0.05, 0) is 36.4 Å². The molecule has 1 amide bonds. The van der Waals surface area contributed by atoms with E-state index in [1.165, 1.54) is 13.3 Å². The van der Waals surface area contributed by atoms with E-state index in [0.29, 0.717) is 17.0 Å². The number of aromatic nitrogens is 1. The molecule has 0 aliphatic rings. The van der Waals surface area contributed by atoms with E-state index in [1.54, 1.807) is 36.4 Å². The number of anilines is 1. The van der Waals surface area contributed by atoms with Gasteiger partial charge >= 0.3 is 5.97 Å². The highest BCUT2D eigenvalue weighted by molar-refractivity contribution is 6.32. The molecule has 0 radical (unpaired) electrons. The molecule has 0 aliphatic heterocycles. The first-order valence-electron chi connectivity index (χ1n) is 6.31. The van der Waals surface area contributed by atoms with Crippen molar-refractivity contribution in [2.45, 2.75) is 0 Å². The van der Waals surface area contributed by atoms with Crippen molar-refractivity contribution in [2.75, 3.05) is 19.0 Å². The number of hydrogen-bond donors (Lipinski definition) is 1.